The van der Waals surface area contributed by atoms with Crippen molar-refractivity contribution in [3.05, 3.63) is 53.3 Å². The molecule has 0 aliphatic heterocycles. The first-order valence-corrected chi connectivity index (χ1v) is 10.1. The number of methoxy groups -OCH3 is 1. The number of hydrogen-bond acceptors (Lipinski definition) is 4. The van der Waals surface area contributed by atoms with Gasteiger partial charge in [0, 0.05) is 24.9 Å². The van der Waals surface area contributed by atoms with E-state index in [0.29, 0.717) is 25.0 Å². The van der Waals surface area contributed by atoms with Crippen LogP contribution in [0.3, 0.4) is 0 Å². The summed E-state index contributed by atoms with van der Waals surface area (Å²) < 4.78 is 93.4. The molecule has 1 heterocycles. The van der Waals surface area contributed by atoms with Gasteiger partial charge in [0.1, 0.15) is 0 Å². The maximum atomic E-state index is 13.0. The molecule has 0 spiro atoms. The summed E-state index contributed by atoms with van der Waals surface area (Å²) in [6, 6.07) is 5.47. The molecule has 1 aromatic heterocycles. The Morgan fingerprint density at radius 2 is 1.59 bits per heavy atom. The van der Waals surface area contributed by atoms with Crippen LogP contribution < -0.4 is 9.47 Å². The molecule has 2 aromatic rings. The van der Waals surface area contributed by atoms with Gasteiger partial charge in [-0.3, -0.25) is 4.98 Å². The third-order valence-electron chi connectivity index (χ3n) is 5.34. The van der Waals surface area contributed by atoms with E-state index >= 15 is 0 Å². The molecule has 1 aliphatic rings. The lowest BCUT2D eigenvalue weighted by Crippen LogP contribution is -2.17. The van der Waals surface area contributed by atoms with Gasteiger partial charge < -0.3 is 14.2 Å². The van der Waals surface area contributed by atoms with Gasteiger partial charge in [0.25, 0.3) is 0 Å². The zero-order valence-corrected chi connectivity index (χ0v) is 17.3. The van der Waals surface area contributed by atoms with Crippen LogP contribution in [0.5, 0.6) is 11.5 Å². The van der Waals surface area contributed by atoms with Gasteiger partial charge in [-0.05, 0) is 62.4 Å². The van der Waals surface area contributed by atoms with Crippen LogP contribution in [0.4, 0.5) is 26.3 Å². The zero-order valence-electron chi connectivity index (χ0n) is 17.3. The molecule has 0 amide bonds. The van der Waals surface area contributed by atoms with Gasteiger partial charge in [-0.25, -0.2) is 0 Å². The van der Waals surface area contributed by atoms with Crippen LogP contribution in [-0.2, 0) is 17.1 Å². The summed E-state index contributed by atoms with van der Waals surface area (Å²) >= 11 is 0. The Hall–Kier alpha value is -2.49. The van der Waals surface area contributed by atoms with E-state index < -0.39 is 23.5 Å². The maximum Gasteiger partial charge on any atom is 0.417 e. The maximum absolute atomic E-state index is 13.0. The lowest BCUT2D eigenvalue weighted by Gasteiger charge is -2.20. The van der Waals surface area contributed by atoms with E-state index in [-0.39, 0.29) is 30.3 Å². The van der Waals surface area contributed by atoms with E-state index in [4.69, 9.17) is 14.2 Å². The second-order valence-corrected chi connectivity index (χ2v) is 7.62. The van der Waals surface area contributed by atoms with Crippen LogP contribution >= 0.6 is 0 Å². The van der Waals surface area contributed by atoms with Crippen LogP contribution in [0, 0.1) is 0 Å². The third-order valence-corrected chi connectivity index (χ3v) is 5.34. The SMILES string of the molecule is COCOc1cc(C(F)(F)F)ccc1OC1CCCC(c2ccc(C(F)(F)F)cn2)CC1. The number of pyridine rings is 1. The monoisotopic (exact) mass is 463 g/mol. The second-order valence-electron chi connectivity index (χ2n) is 7.62. The molecule has 176 valence electrons. The third kappa shape index (κ3) is 6.27. The molecule has 0 radical (unpaired) electrons. The van der Waals surface area contributed by atoms with Crippen LogP contribution in [-0.4, -0.2) is 25.0 Å². The molecular formula is C22H23F6NO3. The largest absolute Gasteiger partial charge is 0.487 e. The topological polar surface area (TPSA) is 40.6 Å². The molecule has 1 saturated carbocycles. The number of rotatable bonds is 6. The van der Waals surface area contributed by atoms with Crippen LogP contribution in [0.2, 0.25) is 0 Å². The molecule has 1 fully saturated rings. The molecule has 0 bridgehead atoms. The minimum absolute atomic E-state index is 0.0114. The number of hydrogen-bond donors (Lipinski definition) is 0. The fourth-order valence-electron chi connectivity index (χ4n) is 3.69. The molecule has 0 saturated heterocycles. The van der Waals surface area contributed by atoms with Gasteiger partial charge in [0.2, 0.25) is 0 Å². The summed E-state index contributed by atoms with van der Waals surface area (Å²) in [6.45, 7) is -0.232. The minimum Gasteiger partial charge on any atom is -0.487 e. The summed E-state index contributed by atoms with van der Waals surface area (Å²) in [7, 11) is 1.36. The van der Waals surface area contributed by atoms with Crippen molar-refractivity contribution in [1.29, 1.82) is 0 Å². The van der Waals surface area contributed by atoms with Gasteiger partial charge in [-0.15, -0.1) is 0 Å². The summed E-state index contributed by atoms with van der Waals surface area (Å²) in [4.78, 5) is 4.00. The quantitative estimate of drug-likeness (QED) is 0.275. The smallest absolute Gasteiger partial charge is 0.417 e. The van der Waals surface area contributed by atoms with Crippen LogP contribution in [0.25, 0.3) is 0 Å². The van der Waals surface area contributed by atoms with E-state index in [1.54, 1.807) is 0 Å². The number of ether oxygens (including phenoxy) is 3. The minimum atomic E-state index is -4.52. The molecule has 2 unspecified atom stereocenters. The Morgan fingerprint density at radius 3 is 2.22 bits per heavy atom. The molecule has 3 rings (SSSR count). The van der Waals surface area contributed by atoms with Crippen LogP contribution in [0.1, 0.15) is 54.8 Å². The van der Waals surface area contributed by atoms with Crippen molar-refractivity contribution < 1.29 is 40.6 Å². The Balaban J connectivity index is 1.68. The van der Waals surface area contributed by atoms with E-state index in [9.17, 15) is 26.3 Å². The van der Waals surface area contributed by atoms with Gasteiger partial charge in [0.15, 0.2) is 18.3 Å². The summed E-state index contributed by atoms with van der Waals surface area (Å²) in [5.74, 6) is 0.112. The molecule has 4 nitrogen and oxygen atoms in total. The molecule has 10 heteroatoms. The molecule has 32 heavy (non-hydrogen) atoms. The standard InChI is InChI=1S/C22H23F6NO3/c1-30-13-31-20-11-15(21(23,24)25)7-10-19(20)32-17-4-2-3-14(5-8-17)18-9-6-16(12-29-18)22(26,27)28/h6-7,9-12,14,17H,2-5,8,13H2,1H3. The van der Waals surface area contributed by atoms with E-state index in [0.717, 1.165) is 37.2 Å². The van der Waals surface area contributed by atoms with Crippen molar-refractivity contribution >= 4 is 0 Å². The van der Waals surface area contributed by atoms with Crippen molar-refractivity contribution in [3.63, 3.8) is 0 Å². The predicted octanol–water partition coefficient (Wildman–Crippen LogP) is 6.60. The first-order chi connectivity index (χ1) is 15.1. The first kappa shape index (κ1) is 24.2. The number of halogens is 6. The number of nitrogens with zero attached hydrogens (tertiary/aromatic N) is 1. The van der Waals surface area contributed by atoms with Crippen molar-refractivity contribution in [2.24, 2.45) is 0 Å². The summed E-state index contributed by atoms with van der Waals surface area (Å²) in [6.07, 6.45) is -5.03. The van der Waals surface area contributed by atoms with Crippen molar-refractivity contribution in [2.75, 3.05) is 13.9 Å². The average molecular weight is 463 g/mol. The van der Waals surface area contributed by atoms with Crippen molar-refractivity contribution in [1.82, 2.24) is 4.98 Å². The first-order valence-electron chi connectivity index (χ1n) is 10.1. The Bertz CT molecular complexity index is 883. The summed E-state index contributed by atoms with van der Waals surface area (Å²) in [5.41, 5.74) is -1.05. The highest BCUT2D eigenvalue weighted by Crippen LogP contribution is 2.39. The normalized spacial score (nSPS) is 20.0. The molecule has 2 atom stereocenters. The zero-order chi connectivity index (χ0) is 23.4. The van der Waals surface area contributed by atoms with Gasteiger partial charge >= 0.3 is 12.4 Å². The molecule has 1 aromatic carbocycles. The summed E-state index contributed by atoms with van der Waals surface area (Å²) in [5, 5.41) is 0. The predicted molar refractivity (Wildman–Crippen MR) is 103 cm³/mol. The van der Waals surface area contributed by atoms with E-state index in [2.05, 4.69) is 4.98 Å². The molecular weight excluding hydrogens is 440 g/mol. The average Bonchev–Trinajstić information content (AvgIpc) is 2.97. The number of aromatic nitrogens is 1. The highest BCUT2D eigenvalue weighted by Gasteiger charge is 2.33. The van der Waals surface area contributed by atoms with Crippen LogP contribution in [0.15, 0.2) is 36.5 Å². The Labute approximate surface area is 181 Å². The second kappa shape index (κ2) is 9.97. The molecule has 0 N–H and O–H groups in total. The number of benzene rings is 1. The fourth-order valence-corrected chi connectivity index (χ4v) is 3.69. The van der Waals surface area contributed by atoms with Crippen molar-refractivity contribution in [2.45, 2.75) is 56.5 Å². The Kier molecular flexibility index (Phi) is 7.53. The highest BCUT2D eigenvalue weighted by atomic mass is 19.4. The molecule has 1 aliphatic carbocycles. The van der Waals surface area contributed by atoms with Crippen molar-refractivity contribution in [3.8, 4) is 11.5 Å². The Morgan fingerprint density at radius 1 is 0.875 bits per heavy atom. The van der Waals surface area contributed by atoms with E-state index in [1.807, 2.05) is 0 Å². The lowest BCUT2D eigenvalue weighted by molar-refractivity contribution is -0.138. The van der Waals surface area contributed by atoms with Gasteiger partial charge in [-0.1, -0.05) is 0 Å². The number of alkyl halides is 6. The lowest BCUT2D eigenvalue weighted by atomic mass is 9.95. The van der Waals surface area contributed by atoms with Gasteiger partial charge in [0.05, 0.1) is 17.2 Å². The fraction of sp³-hybridized carbons (Fsp3) is 0.500. The highest BCUT2D eigenvalue weighted by molar-refractivity contribution is 5.44. The van der Waals surface area contributed by atoms with Gasteiger partial charge in [-0.2, -0.15) is 26.3 Å². The van der Waals surface area contributed by atoms with E-state index in [1.165, 1.54) is 19.2 Å².